The maximum absolute atomic E-state index is 13.8. The van der Waals surface area contributed by atoms with Gasteiger partial charge in [-0.25, -0.2) is 8.42 Å². The summed E-state index contributed by atoms with van der Waals surface area (Å²) < 4.78 is 31.3. The van der Waals surface area contributed by atoms with E-state index in [4.69, 9.17) is 11.6 Å². The number of aromatic nitrogens is 3. The van der Waals surface area contributed by atoms with Crippen molar-refractivity contribution in [3.8, 4) is 11.4 Å². The second kappa shape index (κ2) is 10.5. The van der Waals surface area contributed by atoms with E-state index in [2.05, 4.69) is 40.9 Å². The number of hydrogen-bond donors (Lipinski definition) is 1. The molecule has 9 heteroatoms. The lowest BCUT2D eigenvalue weighted by Gasteiger charge is -2.27. The number of nitrogens with zero attached hydrogens (tertiary/aromatic N) is 4. The average molecular weight is 502 g/mol. The van der Waals surface area contributed by atoms with Crippen LogP contribution >= 0.6 is 11.6 Å². The standard InChI is InChI=1S/C25H32ClN5O2S/c1-4-5-15-30(34(32,33)21-9-7-6-8-10-21)23-12-11-19(26)16-22(23)25-29-28-24(18(2)3)31(25)20-13-14-27-17-20/h6-12,16,18,20,27H,4-5,13-15,17H2,1-3H3. The van der Waals surface area contributed by atoms with Crippen molar-refractivity contribution < 1.29 is 8.42 Å². The van der Waals surface area contributed by atoms with Crippen LogP contribution in [0.15, 0.2) is 53.4 Å². The summed E-state index contributed by atoms with van der Waals surface area (Å²) in [5.74, 6) is 1.72. The molecule has 1 unspecified atom stereocenters. The molecule has 2 heterocycles. The maximum atomic E-state index is 13.8. The highest BCUT2D eigenvalue weighted by atomic mass is 35.5. The number of hydrogen-bond acceptors (Lipinski definition) is 5. The van der Waals surface area contributed by atoms with Gasteiger partial charge in [-0.1, -0.05) is 57.0 Å². The van der Waals surface area contributed by atoms with E-state index in [0.29, 0.717) is 28.6 Å². The predicted octanol–water partition coefficient (Wildman–Crippen LogP) is 5.25. The van der Waals surface area contributed by atoms with Crippen LogP contribution in [-0.4, -0.2) is 42.8 Å². The fourth-order valence-corrected chi connectivity index (χ4v) is 6.11. The Hall–Kier alpha value is -2.42. The average Bonchev–Trinajstić information content (AvgIpc) is 3.50. The van der Waals surface area contributed by atoms with Gasteiger partial charge in [0.15, 0.2) is 5.82 Å². The van der Waals surface area contributed by atoms with Gasteiger partial charge in [0.25, 0.3) is 10.0 Å². The number of anilines is 1. The van der Waals surface area contributed by atoms with Crippen LogP contribution in [0.4, 0.5) is 5.69 Å². The van der Waals surface area contributed by atoms with Crippen molar-refractivity contribution in [2.24, 2.45) is 0 Å². The molecule has 1 saturated heterocycles. The molecule has 0 saturated carbocycles. The summed E-state index contributed by atoms with van der Waals surface area (Å²) in [5, 5.41) is 13.0. The molecule has 7 nitrogen and oxygen atoms in total. The first-order chi connectivity index (χ1) is 16.3. The molecule has 0 aliphatic carbocycles. The third-order valence-corrected chi connectivity index (χ3v) is 8.21. The first kappa shape index (κ1) is 24.7. The van der Waals surface area contributed by atoms with E-state index in [9.17, 15) is 8.42 Å². The molecule has 34 heavy (non-hydrogen) atoms. The number of rotatable bonds is 9. The van der Waals surface area contributed by atoms with Crippen LogP contribution in [-0.2, 0) is 10.0 Å². The Morgan fingerprint density at radius 3 is 2.59 bits per heavy atom. The second-order valence-electron chi connectivity index (χ2n) is 8.96. The van der Waals surface area contributed by atoms with Crippen LogP contribution in [0, 0.1) is 0 Å². The lowest BCUT2D eigenvalue weighted by Crippen LogP contribution is -2.32. The summed E-state index contributed by atoms with van der Waals surface area (Å²) in [6, 6.07) is 14.1. The van der Waals surface area contributed by atoms with Gasteiger partial charge in [-0.05, 0) is 49.7 Å². The second-order valence-corrected chi connectivity index (χ2v) is 11.3. The minimum atomic E-state index is -3.79. The Morgan fingerprint density at radius 2 is 1.94 bits per heavy atom. The summed E-state index contributed by atoms with van der Waals surface area (Å²) in [6.07, 6.45) is 2.55. The van der Waals surface area contributed by atoms with Crippen LogP contribution in [0.1, 0.15) is 57.8 Å². The van der Waals surface area contributed by atoms with E-state index < -0.39 is 10.0 Å². The summed E-state index contributed by atoms with van der Waals surface area (Å²) in [6.45, 7) is 8.35. The summed E-state index contributed by atoms with van der Waals surface area (Å²) in [4.78, 5) is 0.260. The van der Waals surface area contributed by atoms with E-state index in [1.54, 1.807) is 36.4 Å². The number of halogens is 1. The van der Waals surface area contributed by atoms with Crippen molar-refractivity contribution in [1.82, 2.24) is 20.1 Å². The SMILES string of the molecule is CCCCN(c1ccc(Cl)cc1-c1nnc(C(C)C)n1C1CCNC1)S(=O)(=O)c1ccccc1. The quantitative estimate of drug-likeness (QED) is 0.433. The molecule has 182 valence electrons. The Labute approximate surface area is 207 Å². The van der Waals surface area contributed by atoms with Gasteiger partial charge in [0.05, 0.1) is 16.6 Å². The fourth-order valence-electron chi connectivity index (χ4n) is 4.40. The van der Waals surface area contributed by atoms with Crippen LogP contribution in [0.5, 0.6) is 0 Å². The van der Waals surface area contributed by atoms with Crippen LogP contribution in [0.2, 0.25) is 5.02 Å². The molecule has 1 fully saturated rings. The molecule has 0 bridgehead atoms. The number of benzene rings is 2. The van der Waals surface area contributed by atoms with E-state index >= 15 is 0 Å². The third kappa shape index (κ3) is 4.85. The fraction of sp³-hybridized carbons (Fsp3) is 0.440. The van der Waals surface area contributed by atoms with Crippen LogP contribution in [0.25, 0.3) is 11.4 Å². The van der Waals surface area contributed by atoms with Crippen molar-refractivity contribution in [3.05, 3.63) is 59.4 Å². The van der Waals surface area contributed by atoms with E-state index in [0.717, 1.165) is 38.2 Å². The molecular formula is C25H32ClN5O2S. The smallest absolute Gasteiger partial charge is 0.264 e. The molecule has 1 N–H and O–H groups in total. The van der Waals surface area contributed by atoms with Crippen molar-refractivity contribution in [3.63, 3.8) is 0 Å². The largest absolute Gasteiger partial charge is 0.315 e. The summed E-state index contributed by atoms with van der Waals surface area (Å²) in [5.41, 5.74) is 1.24. The Kier molecular flexibility index (Phi) is 7.60. The van der Waals surface area contributed by atoms with Gasteiger partial charge < -0.3 is 9.88 Å². The summed E-state index contributed by atoms with van der Waals surface area (Å²) in [7, 11) is -3.79. The zero-order chi connectivity index (χ0) is 24.3. The number of unbranched alkanes of at least 4 members (excludes halogenated alkanes) is 1. The van der Waals surface area contributed by atoms with Crippen molar-refractivity contribution in [2.45, 2.75) is 56.9 Å². The summed E-state index contributed by atoms with van der Waals surface area (Å²) >= 11 is 6.45. The molecule has 4 rings (SSSR count). The van der Waals surface area contributed by atoms with Crippen molar-refractivity contribution >= 4 is 27.3 Å². The number of sulfonamides is 1. The van der Waals surface area contributed by atoms with Gasteiger partial charge in [0.1, 0.15) is 5.82 Å². The van der Waals surface area contributed by atoms with Gasteiger partial charge in [-0.3, -0.25) is 4.31 Å². The Morgan fingerprint density at radius 1 is 1.18 bits per heavy atom. The first-order valence-corrected chi connectivity index (χ1v) is 13.7. The zero-order valence-corrected chi connectivity index (χ0v) is 21.5. The van der Waals surface area contributed by atoms with Gasteiger partial charge in [0.2, 0.25) is 0 Å². The molecule has 0 spiro atoms. The topological polar surface area (TPSA) is 80.1 Å². The first-order valence-electron chi connectivity index (χ1n) is 11.9. The molecule has 0 amide bonds. The molecular weight excluding hydrogens is 470 g/mol. The number of nitrogens with one attached hydrogen (secondary N) is 1. The minimum absolute atomic E-state index is 0.175. The lowest BCUT2D eigenvalue weighted by atomic mass is 10.1. The Balaban J connectivity index is 1.91. The maximum Gasteiger partial charge on any atom is 0.264 e. The monoisotopic (exact) mass is 501 g/mol. The molecule has 1 aliphatic heterocycles. The molecule has 1 atom stereocenters. The minimum Gasteiger partial charge on any atom is -0.315 e. The molecule has 2 aromatic carbocycles. The predicted molar refractivity (Wildman–Crippen MR) is 137 cm³/mol. The van der Waals surface area contributed by atoms with Gasteiger partial charge >= 0.3 is 0 Å². The van der Waals surface area contributed by atoms with E-state index in [-0.39, 0.29) is 16.9 Å². The lowest BCUT2D eigenvalue weighted by molar-refractivity contribution is 0.514. The van der Waals surface area contributed by atoms with E-state index in [1.165, 1.54) is 4.31 Å². The zero-order valence-electron chi connectivity index (χ0n) is 19.9. The van der Waals surface area contributed by atoms with Crippen molar-refractivity contribution in [1.29, 1.82) is 0 Å². The highest BCUT2D eigenvalue weighted by molar-refractivity contribution is 7.92. The normalized spacial score (nSPS) is 16.3. The molecule has 1 aromatic heterocycles. The van der Waals surface area contributed by atoms with Gasteiger partial charge in [0, 0.05) is 29.6 Å². The highest BCUT2D eigenvalue weighted by Crippen LogP contribution is 2.38. The third-order valence-electron chi connectivity index (χ3n) is 6.15. The van der Waals surface area contributed by atoms with Gasteiger partial charge in [-0.15, -0.1) is 10.2 Å². The van der Waals surface area contributed by atoms with E-state index in [1.807, 2.05) is 12.1 Å². The van der Waals surface area contributed by atoms with Crippen molar-refractivity contribution in [2.75, 3.05) is 23.9 Å². The molecule has 1 aliphatic rings. The van der Waals surface area contributed by atoms with Gasteiger partial charge in [-0.2, -0.15) is 0 Å². The highest BCUT2D eigenvalue weighted by Gasteiger charge is 2.31. The Bertz CT molecular complexity index is 1220. The molecule has 3 aromatic rings. The van der Waals surface area contributed by atoms with Crippen LogP contribution in [0.3, 0.4) is 0 Å². The van der Waals surface area contributed by atoms with Crippen LogP contribution < -0.4 is 9.62 Å². The molecule has 0 radical (unpaired) electrons.